The number of rotatable bonds is 3. The molecule has 0 bridgehead atoms. The molecular formula is C49H40N2. The lowest BCUT2D eigenvalue weighted by molar-refractivity contribution is 0.410. The first-order valence-electron chi connectivity index (χ1n) is 18.8. The van der Waals surface area contributed by atoms with Gasteiger partial charge in [0.2, 0.25) is 0 Å². The van der Waals surface area contributed by atoms with Gasteiger partial charge in [-0.3, -0.25) is 0 Å². The van der Waals surface area contributed by atoms with Crippen molar-refractivity contribution in [1.29, 1.82) is 0 Å². The molecule has 51 heavy (non-hydrogen) atoms. The Hall–Kier alpha value is -5.60. The molecule has 0 spiro atoms. The standard InChI is InChI=1S/C49H40N2/c1-31-11-10-13-32-21-24-36(30-42(31)32)50-45-19-8-6-17-40(45)43-27-33(22-25-47(43)50)34-23-26-48-44(28-34)41-18-7-9-20-46(41)51(48)49-29-35-12-2-3-14-37(35)38-15-4-5-16-39(38)49/h3-10,13-22,24-29,31,34,42H,2,11-12,23,30H2,1H3/t31-,34?,42?/m1/s1. The minimum atomic E-state index is 0.308. The fourth-order valence-electron chi connectivity index (χ4n) is 9.84. The first kappa shape index (κ1) is 29.2. The summed E-state index contributed by atoms with van der Waals surface area (Å²) in [5, 5.41) is 9.37. The van der Waals surface area contributed by atoms with Crippen molar-refractivity contribution in [2.24, 2.45) is 11.8 Å². The molecule has 7 aromatic rings. The number of para-hydroxylation sites is 2. The topological polar surface area (TPSA) is 9.86 Å². The summed E-state index contributed by atoms with van der Waals surface area (Å²) in [6.07, 6.45) is 24.6. The van der Waals surface area contributed by atoms with E-state index >= 15 is 0 Å². The number of hydrogen-bond acceptors (Lipinski definition) is 0. The van der Waals surface area contributed by atoms with Crippen molar-refractivity contribution >= 4 is 67.4 Å². The van der Waals surface area contributed by atoms with Crippen molar-refractivity contribution in [2.45, 2.75) is 44.9 Å². The maximum atomic E-state index is 2.56. The van der Waals surface area contributed by atoms with Gasteiger partial charge in [0.15, 0.2) is 0 Å². The Morgan fingerprint density at radius 2 is 1.41 bits per heavy atom. The summed E-state index contributed by atoms with van der Waals surface area (Å²) in [5.74, 6) is 1.56. The summed E-state index contributed by atoms with van der Waals surface area (Å²) in [6.45, 7) is 2.41. The maximum absolute atomic E-state index is 2.56. The van der Waals surface area contributed by atoms with Gasteiger partial charge in [-0.2, -0.15) is 0 Å². The van der Waals surface area contributed by atoms with Crippen molar-refractivity contribution in [1.82, 2.24) is 9.13 Å². The Labute approximate surface area is 298 Å². The molecule has 246 valence electrons. The van der Waals surface area contributed by atoms with Crippen LogP contribution in [0.3, 0.4) is 0 Å². The molecule has 0 aliphatic heterocycles. The molecule has 0 amide bonds. The van der Waals surface area contributed by atoms with Gasteiger partial charge in [0, 0.05) is 43.7 Å². The first-order chi connectivity index (χ1) is 25.2. The van der Waals surface area contributed by atoms with E-state index in [1.54, 1.807) is 0 Å². The number of allylic oxidation sites excluding steroid dienone is 7. The van der Waals surface area contributed by atoms with Gasteiger partial charge < -0.3 is 9.13 Å². The SMILES string of the molecule is C[C@@H]1CC=CC2=CC=C(n3c4ccccc4c4cc(C5C=c6c(n(-c7cc8c(c9ccccc79)C=CCC8)c7ccccc67)=CC5)ccc43)CC21. The molecule has 0 fully saturated rings. The third-order valence-corrected chi connectivity index (χ3v) is 12.4. The molecule has 4 aliphatic rings. The molecule has 0 saturated carbocycles. The molecule has 0 radical (unpaired) electrons. The quantitative estimate of drug-likeness (QED) is 0.179. The predicted octanol–water partition coefficient (Wildman–Crippen LogP) is 11.0. The third kappa shape index (κ3) is 4.35. The van der Waals surface area contributed by atoms with Crippen LogP contribution in [0.1, 0.15) is 55.2 Å². The minimum absolute atomic E-state index is 0.308. The molecule has 2 heterocycles. The van der Waals surface area contributed by atoms with Crippen LogP contribution >= 0.6 is 0 Å². The van der Waals surface area contributed by atoms with E-state index in [2.05, 4.69) is 162 Å². The molecule has 2 nitrogen and oxygen atoms in total. The van der Waals surface area contributed by atoms with Crippen molar-refractivity contribution < 1.29 is 0 Å². The molecule has 3 atom stereocenters. The first-order valence-corrected chi connectivity index (χ1v) is 18.8. The monoisotopic (exact) mass is 656 g/mol. The van der Waals surface area contributed by atoms with Crippen LogP contribution in [0.15, 0.2) is 133 Å². The van der Waals surface area contributed by atoms with Crippen molar-refractivity contribution in [3.63, 3.8) is 0 Å². The lowest BCUT2D eigenvalue weighted by atomic mass is 9.76. The molecule has 0 saturated heterocycles. The van der Waals surface area contributed by atoms with Gasteiger partial charge in [0.25, 0.3) is 0 Å². The van der Waals surface area contributed by atoms with E-state index in [1.807, 2.05) is 0 Å². The van der Waals surface area contributed by atoms with Gasteiger partial charge in [-0.1, -0.05) is 116 Å². The maximum Gasteiger partial charge on any atom is 0.0543 e. The zero-order valence-corrected chi connectivity index (χ0v) is 29.0. The number of nitrogens with zero attached hydrogens (tertiary/aromatic N) is 2. The van der Waals surface area contributed by atoms with Gasteiger partial charge in [0.05, 0.1) is 22.2 Å². The second-order valence-corrected chi connectivity index (χ2v) is 15.2. The van der Waals surface area contributed by atoms with E-state index < -0.39 is 0 Å². The zero-order chi connectivity index (χ0) is 33.6. The summed E-state index contributed by atoms with van der Waals surface area (Å²) < 4.78 is 5.10. The second kappa shape index (κ2) is 11.2. The van der Waals surface area contributed by atoms with E-state index in [9.17, 15) is 0 Å². The van der Waals surface area contributed by atoms with E-state index in [0.29, 0.717) is 17.8 Å². The van der Waals surface area contributed by atoms with Crippen LogP contribution in [0.2, 0.25) is 0 Å². The summed E-state index contributed by atoms with van der Waals surface area (Å²) in [5.41, 5.74) is 12.3. The molecule has 0 N–H and O–H groups in total. The van der Waals surface area contributed by atoms with Gasteiger partial charge in [-0.05, 0) is 108 Å². The Morgan fingerprint density at radius 1 is 0.647 bits per heavy atom. The van der Waals surface area contributed by atoms with E-state index in [-0.39, 0.29) is 0 Å². The van der Waals surface area contributed by atoms with Gasteiger partial charge >= 0.3 is 0 Å². The number of aromatic nitrogens is 2. The van der Waals surface area contributed by atoms with Crippen LogP contribution in [-0.2, 0) is 6.42 Å². The average Bonchev–Trinajstić information content (AvgIpc) is 3.70. The highest BCUT2D eigenvalue weighted by molar-refractivity contribution is 6.10. The molecular weight excluding hydrogens is 617 g/mol. The van der Waals surface area contributed by atoms with Crippen molar-refractivity contribution in [3.8, 4) is 5.69 Å². The average molecular weight is 657 g/mol. The fourth-order valence-corrected chi connectivity index (χ4v) is 9.84. The molecule has 2 unspecified atom stereocenters. The van der Waals surface area contributed by atoms with Gasteiger partial charge in [0.1, 0.15) is 0 Å². The summed E-state index contributed by atoms with van der Waals surface area (Å²) in [4.78, 5) is 0. The van der Waals surface area contributed by atoms with Crippen LogP contribution in [0.25, 0.3) is 73.1 Å². The molecule has 5 aromatic carbocycles. The van der Waals surface area contributed by atoms with Crippen LogP contribution in [0.5, 0.6) is 0 Å². The highest BCUT2D eigenvalue weighted by Crippen LogP contribution is 2.42. The summed E-state index contributed by atoms with van der Waals surface area (Å²) >= 11 is 0. The Balaban J connectivity index is 1.07. The summed E-state index contributed by atoms with van der Waals surface area (Å²) in [7, 11) is 0. The van der Waals surface area contributed by atoms with Crippen LogP contribution < -0.4 is 10.6 Å². The van der Waals surface area contributed by atoms with E-state index in [4.69, 9.17) is 0 Å². The van der Waals surface area contributed by atoms with Crippen LogP contribution in [0, 0.1) is 11.8 Å². The van der Waals surface area contributed by atoms with E-state index in [0.717, 1.165) is 25.7 Å². The Kier molecular flexibility index (Phi) is 6.41. The third-order valence-electron chi connectivity index (χ3n) is 12.4. The number of aryl methyl sites for hydroxylation is 1. The minimum Gasteiger partial charge on any atom is -0.313 e. The van der Waals surface area contributed by atoms with Gasteiger partial charge in [-0.25, -0.2) is 0 Å². The van der Waals surface area contributed by atoms with Crippen LogP contribution in [0.4, 0.5) is 0 Å². The predicted molar refractivity (Wildman–Crippen MR) is 217 cm³/mol. The fraction of sp³-hybridized carbons (Fsp3) is 0.184. The largest absolute Gasteiger partial charge is 0.313 e. The smallest absolute Gasteiger partial charge is 0.0543 e. The second-order valence-electron chi connectivity index (χ2n) is 15.2. The highest BCUT2D eigenvalue weighted by Gasteiger charge is 2.28. The Morgan fingerprint density at radius 3 is 2.29 bits per heavy atom. The van der Waals surface area contributed by atoms with Crippen molar-refractivity contribution in [3.05, 3.63) is 160 Å². The zero-order valence-electron chi connectivity index (χ0n) is 29.0. The van der Waals surface area contributed by atoms with Gasteiger partial charge in [-0.15, -0.1) is 0 Å². The lowest BCUT2D eigenvalue weighted by Gasteiger charge is -2.32. The lowest BCUT2D eigenvalue weighted by Crippen LogP contribution is -2.32. The Bertz CT molecular complexity index is 2860. The normalized spacial score (nSPS) is 20.8. The molecule has 11 rings (SSSR count). The van der Waals surface area contributed by atoms with Crippen LogP contribution in [-0.4, -0.2) is 9.13 Å². The number of fused-ring (bicyclic) bond motifs is 10. The molecule has 2 aromatic heterocycles. The number of hydrogen-bond donors (Lipinski definition) is 0. The number of benzene rings is 5. The molecule has 2 heteroatoms. The summed E-state index contributed by atoms with van der Waals surface area (Å²) in [6, 6.07) is 36.8. The highest BCUT2D eigenvalue weighted by atomic mass is 15.0. The van der Waals surface area contributed by atoms with Crippen molar-refractivity contribution in [2.75, 3.05) is 0 Å². The van der Waals surface area contributed by atoms with E-state index in [1.165, 1.54) is 94.1 Å². The molecule has 4 aliphatic carbocycles.